The number of halogens is 2. The lowest BCUT2D eigenvalue weighted by Gasteiger charge is -2.12. The zero-order valence-electron chi connectivity index (χ0n) is 14.8. The van der Waals surface area contributed by atoms with Gasteiger partial charge in [-0.2, -0.15) is 0 Å². The maximum atomic E-state index is 13.6. The number of amides is 1. The van der Waals surface area contributed by atoms with Gasteiger partial charge < -0.3 is 15.9 Å². The average molecular weight is 466 g/mol. The van der Waals surface area contributed by atoms with Gasteiger partial charge in [0.25, 0.3) is 0 Å². The van der Waals surface area contributed by atoms with Crippen molar-refractivity contribution in [3.8, 4) is 5.75 Å². The van der Waals surface area contributed by atoms with Crippen molar-refractivity contribution in [2.24, 2.45) is 0 Å². The number of thioether (sulfide) groups is 1. The number of nitrogen functional groups attached to an aromatic ring is 1. The Hall–Kier alpha value is -2.59. The summed E-state index contributed by atoms with van der Waals surface area (Å²) >= 11 is 4.51. The lowest BCUT2D eigenvalue weighted by atomic mass is 10.3. The van der Waals surface area contributed by atoms with Gasteiger partial charge in [-0.15, -0.1) is 10.2 Å². The third-order valence-electron chi connectivity index (χ3n) is 3.69. The molecule has 7 nitrogen and oxygen atoms in total. The highest BCUT2D eigenvalue weighted by Gasteiger charge is 2.20. The number of carbonyl (C=O) groups is 1. The second-order valence-electron chi connectivity index (χ2n) is 5.74. The van der Waals surface area contributed by atoms with Gasteiger partial charge in [0.15, 0.2) is 17.4 Å². The largest absolute Gasteiger partial charge is 0.482 e. The minimum Gasteiger partial charge on any atom is -0.482 e. The van der Waals surface area contributed by atoms with Gasteiger partial charge >= 0.3 is 0 Å². The van der Waals surface area contributed by atoms with Gasteiger partial charge in [0, 0.05) is 10.2 Å². The Morgan fingerprint density at radius 1 is 1.29 bits per heavy atom. The monoisotopic (exact) mass is 465 g/mol. The molecule has 0 fully saturated rings. The topological polar surface area (TPSA) is 95.1 Å². The minimum absolute atomic E-state index is 0.0511. The van der Waals surface area contributed by atoms with Crippen LogP contribution in [0.5, 0.6) is 5.75 Å². The molecule has 0 aliphatic rings. The third kappa shape index (κ3) is 5.02. The molecule has 1 atom stereocenters. The van der Waals surface area contributed by atoms with Crippen LogP contribution in [0, 0.1) is 5.82 Å². The van der Waals surface area contributed by atoms with Crippen LogP contribution in [0.1, 0.15) is 12.7 Å². The number of para-hydroxylation sites is 1. The Kier molecular flexibility index (Phi) is 6.53. The average Bonchev–Trinajstić information content (AvgIpc) is 3.02. The first-order chi connectivity index (χ1) is 13.4. The van der Waals surface area contributed by atoms with E-state index in [0.717, 1.165) is 16.2 Å². The standard InChI is InChI=1S/C18H17BrFN5O2S/c1-11(17(26)22-13-8-6-12(19)7-9-13)28-18-24-23-16(25(18)21)10-27-15-5-3-2-4-14(15)20/h2-9,11H,10,21H2,1H3,(H,22,26). The van der Waals surface area contributed by atoms with E-state index in [1.54, 1.807) is 31.2 Å². The molecule has 0 radical (unpaired) electrons. The third-order valence-corrected chi connectivity index (χ3v) is 5.28. The second-order valence-corrected chi connectivity index (χ2v) is 7.97. The summed E-state index contributed by atoms with van der Waals surface area (Å²) in [5.41, 5.74) is 0.689. The van der Waals surface area contributed by atoms with E-state index in [1.807, 2.05) is 12.1 Å². The molecule has 0 saturated carbocycles. The fourth-order valence-corrected chi connectivity index (χ4v) is 3.23. The predicted octanol–water partition coefficient (Wildman–Crippen LogP) is 3.59. The summed E-state index contributed by atoms with van der Waals surface area (Å²) in [5, 5.41) is 10.6. The lowest BCUT2D eigenvalue weighted by Crippen LogP contribution is -2.24. The van der Waals surface area contributed by atoms with Crippen molar-refractivity contribution >= 4 is 39.3 Å². The van der Waals surface area contributed by atoms with E-state index in [2.05, 4.69) is 31.4 Å². The molecule has 0 aliphatic carbocycles. The van der Waals surface area contributed by atoms with Crippen molar-refractivity contribution in [2.75, 3.05) is 11.2 Å². The molecule has 3 rings (SSSR count). The van der Waals surface area contributed by atoms with Gasteiger partial charge in [-0.05, 0) is 43.3 Å². The van der Waals surface area contributed by atoms with E-state index in [0.29, 0.717) is 16.7 Å². The number of aromatic nitrogens is 3. The quantitative estimate of drug-likeness (QED) is 0.408. The van der Waals surface area contributed by atoms with Crippen LogP contribution in [-0.2, 0) is 11.4 Å². The molecule has 3 N–H and O–H groups in total. The van der Waals surface area contributed by atoms with Gasteiger partial charge in [-0.1, -0.05) is 39.8 Å². The van der Waals surface area contributed by atoms with Crippen molar-refractivity contribution in [3.63, 3.8) is 0 Å². The lowest BCUT2D eigenvalue weighted by molar-refractivity contribution is -0.115. The zero-order chi connectivity index (χ0) is 20.1. The molecule has 0 aliphatic heterocycles. The maximum absolute atomic E-state index is 13.6. The van der Waals surface area contributed by atoms with Crippen molar-refractivity contribution < 1.29 is 13.9 Å². The number of nitrogens with two attached hydrogens (primary N) is 1. The SMILES string of the molecule is CC(Sc1nnc(COc2ccccc2F)n1N)C(=O)Nc1ccc(Br)cc1. The molecule has 0 saturated heterocycles. The van der Waals surface area contributed by atoms with Gasteiger partial charge in [0.05, 0.1) is 5.25 Å². The fraction of sp³-hybridized carbons (Fsp3) is 0.167. The first kappa shape index (κ1) is 20.2. The summed E-state index contributed by atoms with van der Waals surface area (Å²) < 4.78 is 21.2. The van der Waals surface area contributed by atoms with Gasteiger partial charge in [-0.3, -0.25) is 4.79 Å². The van der Waals surface area contributed by atoms with Crippen molar-refractivity contribution in [2.45, 2.75) is 23.9 Å². The number of carbonyl (C=O) groups excluding carboxylic acids is 1. The maximum Gasteiger partial charge on any atom is 0.237 e. The number of anilines is 1. The van der Waals surface area contributed by atoms with E-state index in [9.17, 15) is 9.18 Å². The van der Waals surface area contributed by atoms with Crippen LogP contribution >= 0.6 is 27.7 Å². The molecule has 1 amide bonds. The summed E-state index contributed by atoms with van der Waals surface area (Å²) in [6.45, 7) is 1.69. The molecule has 146 valence electrons. The van der Waals surface area contributed by atoms with Crippen molar-refractivity contribution in [3.05, 3.63) is 64.6 Å². The Bertz CT molecular complexity index is 967. The molecule has 2 aromatic carbocycles. The van der Waals surface area contributed by atoms with E-state index in [-0.39, 0.29) is 18.3 Å². The Morgan fingerprint density at radius 2 is 2.00 bits per heavy atom. The Balaban J connectivity index is 1.59. The van der Waals surface area contributed by atoms with Crippen LogP contribution < -0.4 is 15.9 Å². The summed E-state index contributed by atoms with van der Waals surface area (Å²) in [7, 11) is 0. The zero-order valence-corrected chi connectivity index (χ0v) is 17.2. The van der Waals surface area contributed by atoms with Gasteiger partial charge in [-0.25, -0.2) is 9.07 Å². The van der Waals surface area contributed by atoms with E-state index >= 15 is 0 Å². The van der Waals surface area contributed by atoms with Gasteiger partial charge in [0.1, 0.15) is 6.61 Å². The molecule has 28 heavy (non-hydrogen) atoms. The first-order valence-corrected chi connectivity index (χ1v) is 9.91. The number of nitrogens with zero attached hydrogens (tertiary/aromatic N) is 3. The van der Waals surface area contributed by atoms with E-state index in [1.165, 1.54) is 16.8 Å². The molecular formula is C18H17BrFN5O2S. The highest BCUT2D eigenvalue weighted by molar-refractivity contribution is 9.10. The molecule has 1 unspecified atom stereocenters. The second kappa shape index (κ2) is 9.07. The van der Waals surface area contributed by atoms with Gasteiger partial charge in [0.2, 0.25) is 11.1 Å². The fourth-order valence-electron chi connectivity index (χ4n) is 2.18. The van der Waals surface area contributed by atoms with Crippen LogP contribution in [0.3, 0.4) is 0 Å². The number of hydrogen-bond donors (Lipinski definition) is 2. The summed E-state index contributed by atoms with van der Waals surface area (Å²) in [6.07, 6.45) is 0. The summed E-state index contributed by atoms with van der Waals surface area (Å²) in [4.78, 5) is 12.4. The Morgan fingerprint density at radius 3 is 2.71 bits per heavy atom. The van der Waals surface area contributed by atoms with E-state index in [4.69, 9.17) is 10.6 Å². The minimum atomic E-state index is -0.474. The normalized spacial score (nSPS) is 11.8. The van der Waals surface area contributed by atoms with Crippen LogP contribution in [0.2, 0.25) is 0 Å². The molecule has 3 aromatic rings. The first-order valence-electron chi connectivity index (χ1n) is 8.24. The Labute approximate surface area is 173 Å². The van der Waals surface area contributed by atoms with E-state index < -0.39 is 11.1 Å². The summed E-state index contributed by atoms with van der Waals surface area (Å²) in [6, 6.07) is 13.3. The number of hydrogen-bond acceptors (Lipinski definition) is 6. The molecule has 1 heterocycles. The van der Waals surface area contributed by atoms with Crippen LogP contribution in [0.15, 0.2) is 58.2 Å². The van der Waals surface area contributed by atoms with Crippen LogP contribution in [-0.4, -0.2) is 26.0 Å². The molecule has 0 bridgehead atoms. The van der Waals surface area contributed by atoms with Crippen molar-refractivity contribution in [1.82, 2.24) is 14.9 Å². The molecule has 10 heteroatoms. The van der Waals surface area contributed by atoms with Crippen LogP contribution in [0.4, 0.5) is 10.1 Å². The predicted molar refractivity (Wildman–Crippen MR) is 109 cm³/mol. The smallest absolute Gasteiger partial charge is 0.237 e. The highest BCUT2D eigenvalue weighted by Crippen LogP contribution is 2.23. The number of benzene rings is 2. The number of nitrogens with one attached hydrogen (secondary N) is 1. The molecule has 0 spiro atoms. The summed E-state index contributed by atoms with van der Waals surface area (Å²) in [5.74, 6) is 5.73. The molecule has 1 aromatic heterocycles. The molecular weight excluding hydrogens is 449 g/mol. The number of rotatable bonds is 7. The van der Waals surface area contributed by atoms with Crippen LogP contribution in [0.25, 0.3) is 0 Å². The number of ether oxygens (including phenoxy) is 1. The highest BCUT2D eigenvalue weighted by atomic mass is 79.9. The van der Waals surface area contributed by atoms with Crippen molar-refractivity contribution in [1.29, 1.82) is 0 Å².